The van der Waals surface area contributed by atoms with Crippen LogP contribution < -0.4 is 10.1 Å². The lowest BCUT2D eigenvalue weighted by atomic mass is 9.98. The second-order valence-corrected chi connectivity index (χ2v) is 6.11. The summed E-state index contributed by atoms with van der Waals surface area (Å²) in [6, 6.07) is 9.39. The number of nitrogens with zero attached hydrogens (tertiary/aromatic N) is 2. The number of nitrogens with one attached hydrogen (secondary N) is 1. The third-order valence-corrected chi connectivity index (χ3v) is 4.54. The van der Waals surface area contributed by atoms with Crippen molar-refractivity contribution in [3.05, 3.63) is 29.8 Å². The molecular weight excluding hydrogens is 262 g/mol. The number of benzene rings is 1. The minimum Gasteiger partial charge on any atom is -0.497 e. The summed E-state index contributed by atoms with van der Waals surface area (Å²) in [7, 11) is 8.27. The van der Waals surface area contributed by atoms with Crippen molar-refractivity contribution in [1.82, 2.24) is 15.1 Å². The van der Waals surface area contributed by atoms with E-state index in [1.807, 2.05) is 6.07 Å². The van der Waals surface area contributed by atoms with Gasteiger partial charge in [0.2, 0.25) is 0 Å². The van der Waals surface area contributed by atoms with Gasteiger partial charge in [-0.15, -0.1) is 0 Å². The molecule has 1 N–H and O–H groups in total. The minimum absolute atomic E-state index is 0.447. The average molecular weight is 291 g/mol. The summed E-state index contributed by atoms with van der Waals surface area (Å²) in [4.78, 5) is 4.95. The first-order chi connectivity index (χ1) is 10.1. The normalized spacial score (nSPS) is 22.8. The smallest absolute Gasteiger partial charge is 0.119 e. The van der Waals surface area contributed by atoms with Gasteiger partial charge in [0.15, 0.2) is 0 Å². The van der Waals surface area contributed by atoms with E-state index in [9.17, 15) is 0 Å². The third kappa shape index (κ3) is 4.43. The number of hydrogen-bond donors (Lipinski definition) is 1. The molecule has 21 heavy (non-hydrogen) atoms. The van der Waals surface area contributed by atoms with Crippen molar-refractivity contribution in [2.75, 3.05) is 47.9 Å². The van der Waals surface area contributed by atoms with Crippen LogP contribution in [0.3, 0.4) is 0 Å². The summed E-state index contributed by atoms with van der Waals surface area (Å²) in [5.74, 6) is 0.939. The summed E-state index contributed by atoms with van der Waals surface area (Å²) in [5, 5.41) is 3.53. The highest BCUT2D eigenvalue weighted by molar-refractivity contribution is 5.29. The topological polar surface area (TPSA) is 27.7 Å². The van der Waals surface area contributed by atoms with Crippen LogP contribution in [0.4, 0.5) is 0 Å². The molecule has 0 amide bonds. The first-order valence-corrected chi connectivity index (χ1v) is 7.83. The maximum absolute atomic E-state index is 5.33. The predicted molar refractivity (Wildman–Crippen MR) is 88.1 cm³/mol. The van der Waals surface area contributed by atoms with Gasteiger partial charge in [-0.1, -0.05) is 12.1 Å². The van der Waals surface area contributed by atoms with Crippen LogP contribution in [0.2, 0.25) is 0 Å². The van der Waals surface area contributed by atoms with E-state index in [2.05, 4.69) is 54.5 Å². The number of hydrogen-bond acceptors (Lipinski definition) is 4. The van der Waals surface area contributed by atoms with Crippen LogP contribution in [-0.4, -0.2) is 69.8 Å². The molecule has 0 bridgehead atoms. The van der Waals surface area contributed by atoms with Crippen LogP contribution in [0.25, 0.3) is 0 Å². The van der Waals surface area contributed by atoms with Crippen LogP contribution in [0, 0.1) is 0 Å². The molecule has 1 heterocycles. The van der Waals surface area contributed by atoms with Gasteiger partial charge in [0.25, 0.3) is 0 Å². The van der Waals surface area contributed by atoms with E-state index in [1.165, 1.54) is 25.1 Å². The van der Waals surface area contributed by atoms with Crippen LogP contribution in [0.1, 0.15) is 12.0 Å². The van der Waals surface area contributed by atoms with Crippen molar-refractivity contribution in [3.8, 4) is 5.75 Å². The van der Waals surface area contributed by atoms with Crippen molar-refractivity contribution >= 4 is 0 Å². The Balaban J connectivity index is 2.10. The molecule has 4 heteroatoms. The van der Waals surface area contributed by atoms with Gasteiger partial charge in [0.05, 0.1) is 7.11 Å². The molecule has 1 aromatic rings. The lowest BCUT2D eigenvalue weighted by Gasteiger charge is -2.34. The first kappa shape index (κ1) is 16.3. The van der Waals surface area contributed by atoms with Crippen LogP contribution in [-0.2, 0) is 6.42 Å². The molecule has 2 rings (SSSR count). The SMILES string of the molecule is CNC(Cc1cccc(OC)c1)C1CN(C)CCCN1C. The fraction of sp³-hybridized carbons (Fsp3) is 0.647. The van der Waals surface area contributed by atoms with Crippen LogP contribution in [0.15, 0.2) is 24.3 Å². The largest absolute Gasteiger partial charge is 0.497 e. The monoisotopic (exact) mass is 291 g/mol. The predicted octanol–water partition coefficient (Wildman–Crippen LogP) is 1.46. The zero-order valence-corrected chi connectivity index (χ0v) is 13.8. The highest BCUT2D eigenvalue weighted by Gasteiger charge is 2.27. The Bertz CT molecular complexity index is 438. The molecule has 118 valence electrons. The molecule has 0 aliphatic carbocycles. The Kier molecular flexibility index (Phi) is 6.03. The van der Waals surface area contributed by atoms with E-state index in [0.717, 1.165) is 18.7 Å². The zero-order chi connectivity index (χ0) is 15.2. The Hall–Kier alpha value is -1.10. The first-order valence-electron chi connectivity index (χ1n) is 7.83. The summed E-state index contributed by atoms with van der Waals surface area (Å²) in [5.41, 5.74) is 1.33. The van der Waals surface area contributed by atoms with E-state index in [-0.39, 0.29) is 0 Å². The molecule has 1 aliphatic rings. The number of ether oxygens (including phenoxy) is 1. The highest BCUT2D eigenvalue weighted by atomic mass is 16.5. The summed E-state index contributed by atoms with van der Waals surface area (Å²) in [6.45, 7) is 3.48. The van der Waals surface area contributed by atoms with Crippen LogP contribution >= 0.6 is 0 Å². The molecule has 1 fully saturated rings. The van der Waals surface area contributed by atoms with Gasteiger partial charge in [-0.3, -0.25) is 0 Å². The Labute approximate surface area is 129 Å². The lowest BCUT2D eigenvalue weighted by Crippen LogP contribution is -2.52. The van der Waals surface area contributed by atoms with Crippen molar-refractivity contribution in [3.63, 3.8) is 0 Å². The van der Waals surface area contributed by atoms with Gasteiger partial charge in [0.1, 0.15) is 5.75 Å². The quantitative estimate of drug-likeness (QED) is 0.889. The van der Waals surface area contributed by atoms with Gasteiger partial charge in [0, 0.05) is 18.6 Å². The van der Waals surface area contributed by atoms with E-state index in [4.69, 9.17) is 4.74 Å². The minimum atomic E-state index is 0.447. The molecular formula is C17H29N3O. The molecule has 0 spiro atoms. The molecule has 0 aromatic heterocycles. The molecule has 0 radical (unpaired) electrons. The van der Waals surface area contributed by atoms with E-state index >= 15 is 0 Å². The number of likely N-dealkylation sites (N-methyl/N-ethyl adjacent to an activating group) is 3. The molecule has 1 aliphatic heterocycles. The van der Waals surface area contributed by atoms with Crippen molar-refractivity contribution in [1.29, 1.82) is 0 Å². The van der Waals surface area contributed by atoms with Crippen molar-refractivity contribution < 1.29 is 4.74 Å². The van der Waals surface area contributed by atoms with E-state index in [1.54, 1.807) is 7.11 Å². The van der Waals surface area contributed by atoms with Crippen molar-refractivity contribution in [2.24, 2.45) is 0 Å². The van der Waals surface area contributed by atoms with Gasteiger partial charge in [-0.05, 0) is 64.8 Å². The maximum atomic E-state index is 5.33. The van der Waals surface area contributed by atoms with Gasteiger partial charge in [-0.25, -0.2) is 0 Å². The van der Waals surface area contributed by atoms with Gasteiger partial charge in [-0.2, -0.15) is 0 Å². The van der Waals surface area contributed by atoms with Crippen LogP contribution in [0.5, 0.6) is 5.75 Å². The maximum Gasteiger partial charge on any atom is 0.119 e. The second-order valence-electron chi connectivity index (χ2n) is 6.11. The lowest BCUT2D eigenvalue weighted by molar-refractivity contribution is 0.181. The molecule has 0 saturated carbocycles. The summed E-state index contributed by atoms with van der Waals surface area (Å²) in [6.07, 6.45) is 2.27. The molecule has 4 nitrogen and oxygen atoms in total. The fourth-order valence-corrected chi connectivity index (χ4v) is 3.22. The zero-order valence-electron chi connectivity index (χ0n) is 13.8. The Morgan fingerprint density at radius 2 is 2.14 bits per heavy atom. The molecule has 1 saturated heterocycles. The number of rotatable bonds is 5. The fourth-order valence-electron chi connectivity index (χ4n) is 3.22. The van der Waals surface area contributed by atoms with E-state index < -0.39 is 0 Å². The van der Waals surface area contributed by atoms with Crippen molar-refractivity contribution in [2.45, 2.75) is 24.9 Å². The number of methoxy groups -OCH3 is 1. The highest BCUT2D eigenvalue weighted by Crippen LogP contribution is 2.18. The Morgan fingerprint density at radius 1 is 1.33 bits per heavy atom. The summed E-state index contributed by atoms with van der Waals surface area (Å²) >= 11 is 0. The molecule has 2 atom stereocenters. The van der Waals surface area contributed by atoms with E-state index in [0.29, 0.717) is 12.1 Å². The van der Waals surface area contributed by atoms with Gasteiger partial charge < -0.3 is 19.9 Å². The average Bonchev–Trinajstić information content (AvgIpc) is 2.66. The second kappa shape index (κ2) is 7.78. The Morgan fingerprint density at radius 3 is 2.86 bits per heavy atom. The van der Waals surface area contributed by atoms with Gasteiger partial charge >= 0.3 is 0 Å². The third-order valence-electron chi connectivity index (χ3n) is 4.54. The standard InChI is InChI=1S/C17H29N3O/c1-18-16(12-14-7-5-8-15(11-14)21-4)17-13-19(2)9-6-10-20(17)3/h5,7-8,11,16-18H,6,9-10,12-13H2,1-4H3. The molecule has 1 aromatic carbocycles. The molecule has 2 unspecified atom stereocenters. The summed E-state index contributed by atoms with van der Waals surface area (Å²) < 4.78 is 5.33.